The number of nitrogens with one attached hydrogen (secondary N) is 1. The highest BCUT2D eigenvalue weighted by Gasteiger charge is 2.27. The van der Waals surface area contributed by atoms with E-state index in [1.54, 1.807) is 32.9 Å². The summed E-state index contributed by atoms with van der Waals surface area (Å²) in [6.45, 7) is 9.24. The molecule has 140 valence electrons. The molecule has 0 aliphatic heterocycles. The van der Waals surface area contributed by atoms with E-state index in [-0.39, 0.29) is 30.1 Å². The predicted molar refractivity (Wildman–Crippen MR) is 95.4 cm³/mol. The fourth-order valence-electron chi connectivity index (χ4n) is 2.34. The van der Waals surface area contributed by atoms with Crippen molar-refractivity contribution in [3.05, 3.63) is 35.6 Å². The van der Waals surface area contributed by atoms with Gasteiger partial charge in [0, 0.05) is 32.2 Å². The SMILES string of the molecule is CCOCCCNC(=O)[C@@H](C)N(Cc1ccc(F)cc1)C(=O)C(C)C. The highest BCUT2D eigenvalue weighted by Crippen LogP contribution is 2.13. The van der Waals surface area contributed by atoms with Crippen LogP contribution in [0.1, 0.15) is 39.7 Å². The Bertz CT molecular complexity index is 546. The topological polar surface area (TPSA) is 58.6 Å². The molecule has 0 heterocycles. The highest BCUT2D eigenvalue weighted by atomic mass is 19.1. The van der Waals surface area contributed by atoms with Gasteiger partial charge < -0.3 is 15.0 Å². The van der Waals surface area contributed by atoms with Gasteiger partial charge in [0.25, 0.3) is 0 Å². The number of carbonyl (C=O) groups excluding carboxylic acids is 2. The molecule has 1 rings (SSSR count). The lowest BCUT2D eigenvalue weighted by Crippen LogP contribution is -2.49. The van der Waals surface area contributed by atoms with E-state index >= 15 is 0 Å². The maximum atomic E-state index is 13.1. The number of rotatable bonds is 10. The number of hydrogen-bond acceptors (Lipinski definition) is 3. The molecule has 0 aliphatic rings. The Morgan fingerprint density at radius 2 is 1.84 bits per heavy atom. The van der Waals surface area contributed by atoms with Crippen LogP contribution >= 0.6 is 0 Å². The van der Waals surface area contributed by atoms with Gasteiger partial charge in [-0.2, -0.15) is 0 Å². The molecular weight excluding hydrogens is 323 g/mol. The van der Waals surface area contributed by atoms with Crippen LogP contribution in [0.2, 0.25) is 0 Å². The molecule has 0 fully saturated rings. The first kappa shape index (κ1) is 21.1. The van der Waals surface area contributed by atoms with E-state index in [9.17, 15) is 14.0 Å². The van der Waals surface area contributed by atoms with Crippen molar-refractivity contribution in [2.24, 2.45) is 5.92 Å². The molecule has 0 bridgehead atoms. The van der Waals surface area contributed by atoms with Crippen molar-refractivity contribution in [1.82, 2.24) is 10.2 Å². The lowest BCUT2D eigenvalue weighted by atomic mass is 10.1. The summed E-state index contributed by atoms with van der Waals surface area (Å²) < 4.78 is 18.3. The second kappa shape index (κ2) is 10.8. The number of nitrogens with zero attached hydrogens (tertiary/aromatic N) is 1. The number of ether oxygens (including phenoxy) is 1. The molecule has 1 aromatic carbocycles. The van der Waals surface area contributed by atoms with Gasteiger partial charge in [-0.25, -0.2) is 4.39 Å². The fraction of sp³-hybridized carbons (Fsp3) is 0.579. The molecular formula is C19H29FN2O3. The molecule has 1 atom stereocenters. The van der Waals surface area contributed by atoms with E-state index in [4.69, 9.17) is 4.74 Å². The number of benzene rings is 1. The van der Waals surface area contributed by atoms with Crippen molar-refractivity contribution >= 4 is 11.8 Å². The van der Waals surface area contributed by atoms with Crippen LogP contribution in [0.15, 0.2) is 24.3 Å². The van der Waals surface area contributed by atoms with E-state index in [1.165, 1.54) is 17.0 Å². The molecule has 0 radical (unpaired) electrons. The van der Waals surface area contributed by atoms with Crippen LogP contribution in [0.5, 0.6) is 0 Å². The van der Waals surface area contributed by atoms with Crippen LogP contribution < -0.4 is 5.32 Å². The van der Waals surface area contributed by atoms with Gasteiger partial charge in [-0.3, -0.25) is 9.59 Å². The Hall–Kier alpha value is -1.95. The average Bonchev–Trinajstić information content (AvgIpc) is 2.59. The molecule has 0 spiro atoms. The number of carbonyl (C=O) groups is 2. The first-order valence-electron chi connectivity index (χ1n) is 8.77. The predicted octanol–water partition coefficient (Wildman–Crippen LogP) is 2.74. The first-order valence-corrected chi connectivity index (χ1v) is 8.77. The summed E-state index contributed by atoms with van der Waals surface area (Å²) in [5.74, 6) is -0.867. The minimum atomic E-state index is -0.605. The summed E-state index contributed by atoms with van der Waals surface area (Å²) >= 11 is 0. The second-order valence-electron chi connectivity index (χ2n) is 6.26. The summed E-state index contributed by atoms with van der Waals surface area (Å²) in [6.07, 6.45) is 0.725. The van der Waals surface area contributed by atoms with Gasteiger partial charge in [-0.1, -0.05) is 26.0 Å². The molecule has 5 nitrogen and oxygen atoms in total. The summed E-state index contributed by atoms with van der Waals surface area (Å²) in [7, 11) is 0. The molecule has 2 amide bonds. The Morgan fingerprint density at radius 1 is 1.20 bits per heavy atom. The van der Waals surface area contributed by atoms with E-state index in [2.05, 4.69) is 5.32 Å². The highest BCUT2D eigenvalue weighted by molar-refractivity contribution is 5.88. The third kappa shape index (κ3) is 7.22. The second-order valence-corrected chi connectivity index (χ2v) is 6.26. The fourth-order valence-corrected chi connectivity index (χ4v) is 2.34. The Kier molecular flexibility index (Phi) is 9.13. The Balaban J connectivity index is 2.72. The molecule has 25 heavy (non-hydrogen) atoms. The monoisotopic (exact) mass is 352 g/mol. The van der Waals surface area contributed by atoms with Gasteiger partial charge in [0.05, 0.1) is 0 Å². The number of halogens is 1. The molecule has 1 N–H and O–H groups in total. The van der Waals surface area contributed by atoms with Crippen molar-refractivity contribution in [3.63, 3.8) is 0 Å². The Labute approximate surface area is 149 Å². The summed E-state index contributed by atoms with van der Waals surface area (Å²) in [5.41, 5.74) is 0.784. The standard InChI is InChI=1S/C19H29FN2O3/c1-5-25-12-6-11-21-18(23)15(4)22(19(24)14(2)3)13-16-7-9-17(20)10-8-16/h7-10,14-15H,5-6,11-13H2,1-4H3,(H,21,23)/t15-/m1/s1. The van der Waals surface area contributed by atoms with Crippen LogP contribution in [-0.2, 0) is 20.9 Å². The van der Waals surface area contributed by atoms with Crippen LogP contribution in [0, 0.1) is 11.7 Å². The molecule has 0 aliphatic carbocycles. The van der Waals surface area contributed by atoms with Gasteiger partial charge in [-0.05, 0) is 38.0 Å². The molecule has 1 aromatic rings. The number of amides is 2. The molecule has 0 saturated heterocycles. The number of hydrogen-bond donors (Lipinski definition) is 1. The first-order chi connectivity index (χ1) is 11.9. The summed E-state index contributed by atoms with van der Waals surface area (Å²) in [5, 5.41) is 2.84. The molecule has 0 saturated carbocycles. The molecule has 0 aromatic heterocycles. The molecule has 6 heteroatoms. The van der Waals surface area contributed by atoms with Gasteiger partial charge >= 0.3 is 0 Å². The van der Waals surface area contributed by atoms with Gasteiger partial charge in [0.1, 0.15) is 11.9 Å². The average molecular weight is 352 g/mol. The maximum Gasteiger partial charge on any atom is 0.242 e. The van der Waals surface area contributed by atoms with Gasteiger partial charge in [0.2, 0.25) is 11.8 Å². The van der Waals surface area contributed by atoms with Gasteiger partial charge in [0.15, 0.2) is 0 Å². The van der Waals surface area contributed by atoms with Crippen LogP contribution in [-0.4, -0.2) is 42.5 Å². The zero-order valence-corrected chi connectivity index (χ0v) is 15.5. The minimum absolute atomic E-state index is 0.110. The Morgan fingerprint density at radius 3 is 2.40 bits per heavy atom. The third-order valence-corrected chi connectivity index (χ3v) is 3.86. The van der Waals surface area contributed by atoms with E-state index < -0.39 is 6.04 Å². The summed E-state index contributed by atoms with van der Waals surface area (Å²) in [4.78, 5) is 26.4. The van der Waals surface area contributed by atoms with Crippen molar-refractivity contribution < 1.29 is 18.7 Å². The van der Waals surface area contributed by atoms with E-state index in [0.29, 0.717) is 19.8 Å². The van der Waals surface area contributed by atoms with Crippen molar-refractivity contribution in [3.8, 4) is 0 Å². The quantitative estimate of drug-likeness (QED) is 0.659. The smallest absolute Gasteiger partial charge is 0.242 e. The van der Waals surface area contributed by atoms with E-state index in [0.717, 1.165) is 12.0 Å². The maximum absolute atomic E-state index is 13.1. The van der Waals surface area contributed by atoms with Crippen molar-refractivity contribution in [2.75, 3.05) is 19.8 Å². The summed E-state index contributed by atoms with van der Waals surface area (Å²) in [6, 6.07) is 5.36. The zero-order valence-electron chi connectivity index (χ0n) is 15.5. The molecule has 0 unspecified atom stereocenters. The van der Waals surface area contributed by atoms with Crippen molar-refractivity contribution in [1.29, 1.82) is 0 Å². The minimum Gasteiger partial charge on any atom is -0.382 e. The van der Waals surface area contributed by atoms with Gasteiger partial charge in [-0.15, -0.1) is 0 Å². The normalized spacial score (nSPS) is 12.1. The zero-order chi connectivity index (χ0) is 18.8. The third-order valence-electron chi connectivity index (χ3n) is 3.86. The van der Waals surface area contributed by atoms with Crippen LogP contribution in [0.25, 0.3) is 0 Å². The lowest BCUT2D eigenvalue weighted by molar-refractivity contribution is -0.143. The van der Waals surface area contributed by atoms with Crippen LogP contribution in [0.4, 0.5) is 4.39 Å². The largest absolute Gasteiger partial charge is 0.382 e. The van der Waals surface area contributed by atoms with E-state index in [1.807, 2.05) is 6.92 Å². The van der Waals surface area contributed by atoms with Crippen LogP contribution in [0.3, 0.4) is 0 Å². The van der Waals surface area contributed by atoms with Crippen molar-refractivity contribution in [2.45, 2.75) is 46.7 Å². The lowest BCUT2D eigenvalue weighted by Gasteiger charge is -2.30.